The Labute approximate surface area is 90.8 Å². The summed E-state index contributed by atoms with van der Waals surface area (Å²) in [6, 6.07) is 0. The van der Waals surface area contributed by atoms with Crippen LogP contribution in [-0.2, 0) is 9.59 Å². The van der Waals surface area contributed by atoms with E-state index >= 15 is 0 Å². The lowest BCUT2D eigenvalue weighted by Gasteiger charge is -2.13. The number of hydrogen-bond donors (Lipinski definition) is 1. The van der Waals surface area contributed by atoms with Crippen molar-refractivity contribution in [3.05, 3.63) is 11.3 Å². The van der Waals surface area contributed by atoms with E-state index in [0.717, 1.165) is 0 Å². The molecule has 0 saturated heterocycles. The van der Waals surface area contributed by atoms with Crippen LogP contribution in [0.1, 0.15) is 13.8 Å². The lowest BCUT2D eigenvalue weighted by atomic mass is 10.1. The molecule has 0 aromatic carbocycles. The fourth-order valence-electron chi connectivity index (χ4n) is 0.769. The summed E-state index contributed by atoms with van der Waals surface area (Å²) < 4.78 is -1.92. The van der Waals surface area contributed by atoms with Gasteiger partial charge in [0.05, 0.1) is 11.3 Å². The van der Waals surface area contributed by atoms with Crippen LogP contribution in [0.4, 0.5) is 0 Å². The first-order valence-electron chi connectivity index (χ1n) is 3.26. The monoisotopic (exact) mass is 243 g/mol. The molecule has 0 amide bonds. The van der Waals surface area contributed by atoms with Gasteiger partial charge in [0.25, 0.3) is 0 Å². The van der Waals surface area contributed by atoms with Gasteiger partial charge in [0.2, 0.25) is 3.79 Å². The van der Waals surface area contributed by atoms with Gasteiger partial charge in [-0.1, -0.05) is 34.8 Å². The van der Waals surface area contributed by atoms with E-state index in [1.54, 1.807) is 0 Å². The van der Waals surface area contributed by atoms with Crippen molar-refractivity contribution in [2.45, 2.75) is 17.6 Å². The highest BCUT2D eigenvalue weighted by Gasteiger charge is 2.30. The second kappa shape index (κ2) is 4.31. The molecule has 0 aliphatic carbocycles. The van der Waals surface area contributed by atoms with Crippen LogP contribution in [0.25, 0.3) is 0 Å². The van der Waals surface area contributed by atoms with Gasteiger partial charge in [-0.3, -0.25) is 9.59 Å². The van der Waals surface area contributed by atoms with E-state index in [2.05, 4.69) is 0 Å². The maximum atomic E-state index is 10.9. The smallest absolute Gasteiger partial charge is 0.230 e. The third-order valence-corrected chi connectivity index (χ3v) is 1.89. The zero-order valence-corrected chi connectivity index (χ0v) is 9.30. The van der Waals surface area contributed by atoms with Gasteiger partial charge < -0.3 is 5.73 Å². The molecule has 0 aliphatic heterocycles. The molecule has 0 unspecified atom stereocenters. The number of Topliss-reactive ketones (excluding diaryl/α,β-unsaturated/α-hetero) is 2. The Kier molecular flexibility index (Phi) is 4.23. The summed E-state index contributed by atoms with van der Waals surface area (Å²) in [7, 11) is 0. The van der Waals surface area contributed by atoms with Gasteiger partial charge in [-0.15, -0.1) is 0 Å². The summed E-state index contributed by atoms with van der Waals surface area (Å²) in [6.07, 6.45) is 0. The normalized spacial score (nSPS) is 10.8. The second-order valence-electron chi connectivity index (χ2n) is 2.40. The van der Waals surface area contributed by atoms with Crippen LogP contribution in [0.15, 0.2) is 11.3 Å². The van der Waals surface area contributed by atoms with Gasteiger partial charge in [0.15, 0.2) is 11.6 Å². The molecule has 0 spiro atoms. The molecule has 0 radical (unpaired) electrons. The van der Waals surface area contributed by atoms with Gasteiger partial charge in [-0.05, 0) is 13.8 Å². The Morgan fingerprint density at radius 2 is 1.38 bits per heavy atom. The molecule has 3 nitrogen and oxygen atoms in total. The molecule has 0 fully saturated rings. The summed E-state index contributed by atoms with van der Waals surface area (Å²) in [4.78, 5) is 21.9. The molecule has 0 aliphatic rings. The molecule has 74 valence electrons. The first kappa shape index (κ1) is 12.8. The molecule has 6 heteroatoms. The van der Waals surface area contributed by atoms with Gasteiger partial charge in [0, 0.05) is 0 Å². The van der Waals surface area contributed by atoms with E-state index in [1.165, 1.54) is 13.8 Å². The van der Waals surface area contributed by atoms with Crippen LogP contribution >= 0.6 is 34.8 Å². The van der Waals surface area contributed by atoms with Crippen LogP contribution in [0.2, 0.25) is 0 Å². The van der Waals surface area contributed by atoms with Crippen molar-refractivity contribution in [1.29, 1.82) is 0 Å². The average molecular weight is 245 g/mol. The Morgan fingerprint density at radius 3 is 1.46 bits per heavy atom. The summed E-state index contributed by atoms with van der Waals surface area (Å²) in [5, 5.41) is 0. The zero-order valence-electron chi connectivity index (χ0n) is 7.03. The second-order valence-corrected chi connectivity index (χ2v) is 4.68. The quantitative estimate of drug-likeness (QED) is 0.348. The first-order valence-corrected chi connectivity index (χ1v) is 4.40. The molecule has 13 heavy (non-hydrogen) atoms. The molecule has 0 atom stereocenters. The van der Waals surface area contributed by atoms with E-state index in [1.807, 2.05) is 0 Å². The van der Waals surface area contributed by atoms with Crippen LogP contribution in [0.3, 0.4) is 0 Å². The molecule has 0 bridgehead atoms. The maximum Gasteiger partial charge on any atom is 0.230 e. The maximum absolute atomic E-state index is 10.9. The fourth-order valence-corrected chi connectivity index (χ4v) is 1.05. The minimum absolute atomic E-state index is 0.264. The SMILES string of the molecule is CC(=O)C(C(C)=O)=C(N)C(Cl)(Cl)Cl. The summed E-state index contributed by atoms with van der Waals surface area (Å²) in [5.74, 6) is -1.03. The molecular formula is C7H8Cl3NO2. The van der Waals surface area contributed by atoms with Crippen molar-refractivity contribution in [3.8, 4) is 0 Å². The highest BCUT2D eigenvalue weighted by molar-refractivity contribution is 6.69. The Morgan fingerprint density at radius 1 is 1.08 bits per heavy atom. The molecule has 0 heterocycles. The van der Waals surface area contributed by atoms with Crippen molar-refractivity contribution in [3.63, 3.8) is 0 Å². The number of allylic oxidation sites excluding steroid dienone is 2. The van der Waals surface area contributed by atoms with E-state index < -0.39 is 15.4 Å². The third kappa shape index (κ3) is 3.55. The van der Waals surface area contributed by atoms with Gasteiger partial charge >= 0.3 is 0 Å². The average Bonchev–Trinajstić information content (AvgIpc) is 1.82. The lowest BCUT2D eigenvalue weighted by Crippen LogP contribution is -2.24. The summed E-state index contributed by atoms with van der Waals surface area (Å²) in [5.41, 5.74) is 4.74. The molecule has 0 rings (SSSR count). The highest BCUT2D eigenvalue weighted by atomic mass is 35.6. The number of nitrogens with two attached hydrogens (primary N) is 1. The highest BCUT2D eigenvalue weighted by Crippen LogP contribution is 2.33. The van der Waals surface area contributed by atoms with Gasteiger partial charge in [0.1, 0.15) is 0 Å². The standard InChI is InChI=1S/C7H8Cl3NO2/c1-3(12)5(4(2)13)6(11)7(8,9)10/h11H2,1-2H3. The van der Waals surface area contributed by atoms with E-state index in [0.29, 0.717) is 0 Å². The van der Waals surface area contributed by atoms with Gasteiger partial charge in [-0.2, -0.15) is 0 Å². The van der Waals surface area contributed by atoms with Crippen molar-refractivity contribution in [1.82, 2.24) is 0 Å². The number of halogens is 3. The van der Waals surface area contributed by atoms with Crippen LogP contribution in [-0.4, -0.2) is 15.4 Å². The Hall–Kier alpha value is -0.250. The molecule has 2 N–H and O–H groups in total. The third-order valence-electron chi connectivity index (χ3n) is 1.28. The number of ketones is 2. The van der Waals surface area contributed by atoms with Crippen molar-refractivity contribution in [2.75, 3.05) is 0 Å². The van der Waals surface area contributed by atoms with Crippen LogP contribution < -0.4 is 5.73 Å². The molecule has 0 saturated carbocycles. The molecule has 0 aromatic heterocycles. The topological polar surface area (TPSA) is 60.2 Å². The number of alkyl halides is 3. The van der Waals surface area contributed by atoms with Crippen molar-refractivity contribution < 1.29 is 9.59 Å². The molecule has 0 aromatic rings. The zero-order chi connectivity index (χ0) is 10.8. The van der Waals surface area contributed by atoms with E-state index in [9.17, 15) is 9.59 Å². The van der Waals surface area contributed by atoms with Crippen LogP contribution in [0, 0.1) is 0 Å². The number of hydrogen-bond acceptors (Lipinski definition) is 3. The number of carbonyl (C=O) groups excluding carboxylic acids is 2. The number of carbonyl (C=O) groups is 2. The first-order chi connectivity index (χ1) is 5.68. The fraction of sp³-hybridized carbons (Fsp3) is 0.429. The van der Waals surface area contributed by atoms with Crippen LogP contribution in [0.5, 0.6) is 0 Å². The number of rotatable bonds is 2. The summed E-state index contributed by atoms with van der Waals surface area (Å²) >= 11 is 16.2. The largest absolute Gasteiger partial charge is 0.398 e. The molecular weight excluding hydrogens is 236 g/mol. The van der Waals surface area contributed by atoms with E-state index in [-0.39, 0.29) is 11.3 Å². The summed E-state index contributed by atoms with van der Waals surface area (Å²) in [6.45, 7) is 2.36. The lowest BCUT2D eigenvalue weighted by molar-refractivity contribution is -0.119. The van der Waals surface area contributed by atoms with E-state index in [4.69, 9.17) is 40.5 Å². The predicted octanol–water partition coefficient (Wildman–Crippen LogP) is 1.75. The van der Waals surface area contributed by atoms with Crippen molar-refractivity contribution in [2.24, 2.45) is 5.73 Å². The predicted molar refractivity (Wildman–Crippen MR) is 52.9 cm³/mol. The van der Waals surface area contributed by atoms with Gasteiger partial charge in [-0.25, -0.2) is 0 Å². The van der Waals surface area contributed by atoms with Crippen molar-refractivity contribution >= 4 is 46.4 Å². The minimum Gasteiger partial charge on any atom is -0.398 e. The minimum atomic E-state index is -1.92. The Bertz CT molecular complexity index is 262. The Balaban J connectivity index is 5.36.